The van der Waals surface area contributed by atoms with Crippen molar-refractivity contribution in [2.24, 2.45) is 0 Å². The summed E-state index contributed by atoms with van der Waals surface area (Å²) in [5.41, 5.74) is 0.315. The predicted molar refractivity (Wildman–Crippen MR) is 70.7 cm³/mol. The molecule has 2 N–H and O–H groups in total. The minimum absolute atomic E-state index is 0.0417. The Kier molecular flexibility index (Phi) is 6.62. The lowest BCUT2D eigenvalue weighted by molar-refractivity contribution is -0.384. The van der Waals surface area contributed by atoms with Crippen molar-refractivity contribution in [3.63, 3.8) is 0 Å². The monoisotopic (exact) mass is 270 g/mol. The molecule has 0 radical (unpaired) electrons. The molecule has 0 amide bonds. The van der Waals surface area contributed by atoms with Crippen molar-refractivity contribution in [3.8, 4) is 5.75 Å². The molecule has 1 aromatic carbocycles. The van der Waals surface area contributed by atoms with Crippen LogP contribution in [0.1, 0.15) is 6.92 Å². The van der Waals surface area contributed by atoms with E-state index in [1.54, 1.807) is 25.1 Å². The van der Waals surface area contributed by atoms with Crippen LogP contribution in [0.5, 0.6) is 5.75 Å². The molecule has 0 atom stereocenters. The lowest BCUT2D eigenvalue weighted by Gasteiger charge is -2.10. The number of benzene rings is 1. The van der Waals surface area contributed by atoms with Crippen molar-refractivity contribution in [1.82, 2.24) is 0 Å². The van der Waals surface area contributed by atoms with Gasteiger partial charge in [-0.2, -0.15) is 0 Å². The Balaban J connectivity index is 2.70. The highest BCUT2D eigenvalue weighted by Crippen LogP contribution is 2.34. The van der Waals surface area contributed by atoms with Crippen molar-refractivity contribution < 1.29 is 19.5 Å². The molecule has 0 fully saturated rings. The minimum Gasteiger partial charge on any atom is -0.487 e. The molecule has 0 aliphatic rings. The van der Waals surface area contributed by atoms with E-state index in [1.165, 1.54) is 0 Å². The Hall–Kier alpha value is -1.86. The molecule has 0 spiro atoms. The molecule has 0 bridgehead atoms. The highest BCUT2D eigenvalue weighted by atomic mass is 16.6. The van der Waals surface area contributed by atoms with E-state index in [9.17, 15) is 10.1 Å². The molecule has 0 aliphatic carbocycles. The number of nitro benzene ring substituents is 1. The van der Waals surface area contributed by atoms with E-state index in [2.05, 4.69) is 5.32 Å². The van der Waals surface area contributed by atoms with Crippen LogP contribution in [0.15, 0.2) is 18.2 Å². The van der Waals surface area contributed by atoms with Gasteiger partial charge in [0.15, 0.2) is 5.75 Å². The standard InChI is InChI=1S/C12H18N2O5/c1-2-19-11-5-3-4-10(12(11)14(16)17)13-6-8-18-9-7-15/h3-5,13,15H,2,6-9H2,1H3. The van der Waals surface area contributed by atoms with Crippen LogP contribution in [0.4, 0.5) is 11.4 Å². The Labute approximate surface area is 111 Å². The average molecular weight is 270 g/mol. The first kappa shape index (κ1) is 15.2. The highest BCUT2D eigenvalue weighted by molar-refractivity contribution is 5.68. The molecule has 0 unspecified atom stereocenters. The summed E-state index contributed by atoms with van der Waals surface area (Å²) in [6.07, 6.45) is 0. The fraction of sp³-hybridized carbons (Fsp3) is 0.500. The van der Waals surface area contributed by atoms with E-state index >= 15 is 0 Å². The summed E-state index contributed by atoms with van der Waals surface area (Å²) in [6, 6.07) is 4.87. The van der Waals surface area contributed by atoms with Crippen molar-refractivity contribution in [2.75, 3.05) is 38.3 Å². The number of nitrogens with zero attached hydrogens (tertiary/aromatic N) is 1. The second-order valence-electron chi connectivity index (χ2n) is 3.61. The molecule has 7 nitrogen and oxygen atoms in total. The highest BCUT2D eigenvalue weighted by Gasteiger charge is 2.20. The smallest absolute Gasteiger partial charge is 0.333 e. The van der Waals surface area contributed by atoms with Gasteiger partial charge in [-0.15, -0.1) is 0 Å². The molecule has 0 heterocycles. The average Bonchev–Trinajstić information content (AvgIpc) is 2.38. The van der Waals surface area contributed by atoms with Gasteiger partial charge in [-0.25, -0.2) is 0 Å². The number of nitrogens with one attached hydrogen (secondary N) is 1. The largest absolute Gasteiger partial charge is 0.487 e. The Bertz CT molecular complexity index is 411. The fourth-order valence-electron chi connectivity index (χ4n) is 1.55. The number of ether oxygens (including phenoxy) is 2. The van der Waals surface area contributed by atoms with Crippen LogP contribution in [0.25, 0.3) is 0 Å². The van der Waals surface area contributed by atoms with Gasteiger partial charge in [-0.05, 0) is 19.1 Å². The Morgan fingerprint density at radius 1 is 1.42 bits per heavy atom. The van der Waals surface area contributed by atoms with Crippen LogP contribution < -0.4 is 10.1 Å². The van der Waals surface area contributed by atoms with Gasteiger partial charge in [-0.1, -0.05) is 6.07 Å². The Morgan fingerprint density at radius 2 is 2.21 bits per heavy atom. The molecule has 19 heavy (non-hydrogen) atoms. The van der Waals surface area contributed by atoms with E-state index in [0.29, 0.717) is 25.4 Å². The Morgan fingerprint density at radius 3 is 2.84 bits per heavy atom. The summed E-state index contributed by atoms with van der Waals surface area (Å²) < 4.78 is 10.3. The number of nitro groups is 1. The molecule has 106 valence electrons. The number of hydrogen-bond donors (Lipinski definition) is 2. The minimum atomic E-state index is -0.470. The van der Waals surface area contributed by atoms with Gasteiger partial charge in [0.2, 0.25) is 0 Å². The first-order chi connectivity index (χ1) is 9.20. The van der Waals surface area contributed by atoms with Gasteiger partial charge in [0.05, 0.1) is 31.4 Å². The summed E-state index contributed by atoms with van der Waals surface area (Å²) in [5.74, 6) is 0.244. The molecule has 7 heteroatoms. The lowest BCUT2D eigenvalue weighted by Crippen LogP contribution is -2.12. The molecule has 0 saturated heterocycles. The summed E-state index contributed by atoms with van der Waals surface area (Å²) in [7, 11) is 0. The second kappa shape index (κ2) is 8.28. The van der Waals surface area contributed by atoms with Gasteiger partial charge >= 0.3 is 5.69 Å². The van der Waals surface area contributed by atoms with Gasteiger partial charge in [-0.3, -0.25) is 10.1 Å². The van der Waals surface area contributed by atoms with E-state index in [1.807, 2.05) is 0 Å². The van der Waals surface area contributed by atoms with Gasteiger partial charge < -0.3 is 19.9 Å². The maximum Gasteiger partial charge on any atom is 0.333 e. The third-order valence-corrected chi connectivity index (χ3v) is 2.28. The molecule has 1 rings (SSSR count). The fourth-order valence-corrected chi connectivity index (χ4v) is 1.55. The van der Waals surface area contributed by atoms with E-state index in [4.69, 9.17) is 14.6 Å². The van der Waals surface area contributed by atoms with Crippen LogP contribution in [-0.2, 0) is 4.74 Å². The van der Waals surface area contributed by atoms with Crippen LogP contribution >= 0.6 is 0 Å². The van der Waals surface area contributed by atoms with Crippen LogP contribution in [0.2, 0.25) is 0 Å². The molecule has 1 aromatic rings. The van der Waals surface area contributed by atoms with E-state index in [-0.39, 0.29) is 24.7 Å². The maximum atomic E-state index is 11.1. The van der Waals surface area contributed by atoms with Crippen molar-refractivity contribution >= 4 is 11.4 Å². The lowest BCUT2D eigenvalue weighted by atomic mass is 10.2. The summed E-state index contributed by atoms with van der Waals surface area (Å²) in [5, 5.41) is 22.5. The topological polar surface area (TPSA) is 93.9 Å². The van der Waals surface area contributed by atoms with Crippen LogP contribution in [0.3, 0.4) is 0 Å². The number of hydrogen-bond acceptors (Lipinski definition) is 6. The van der Waals surface area contributed by atoms with E-state index < -0.39 is 4.92 Å². The summed E-state index contributed by atoms with van der Waals surface area (Å²) in [6.45, 7) is 3.12. The zero-order valence-corrected chi connectivity index (χ0v) is 10.8. The first-order valence-corrected chi connectivity index (χ1v) is 6.03. The van der Waals surface area contributed by atoms with Crippen molar-refractivity contribution in [3.05, 3.63) is 28.3 Å². The third kappa shape index (κ3) is 4.72. The number of aliphatic hydroxyl groups excluding tert-OH is 1. The molecule has 0 aromatic heterocycles. The molecular formula is C12H18N2O5. The van der Waals surface area contributed by atoms with Gasteiger partial charge in [0, 0.05) is 6.54 Å². The van der Waals surface area contributed by atoms with E-state index in [0.717, 1.165) is 0 Å². The predicted octanol–water partition coefficient (Wildman–Crippen LogP) is 1.41. The van der Waals surface area contributed by atoms with Crippen molar-refractivity contribution in [2.45, 2.75) is 6.92 Å². The van der Waals surface area contributed by atoms with Gasteiger partial charge in [0.1, 0.15) is 5.69 Å². The normalized spacial score (nSPS) is 10.2. The summed E-state index contributed by atoms with van der Waals surface area (Å²) in [4.78, 5) is 10.6. The number of para-hydroxylation sites is 1. The quantitative estimate of drug-likeness (QED) is 0.400. The maximum absolute atomic E-state index is 11.1. The summed E-state index contributed by atoms with van der Waals surface area (Å²) >= 11 is 0. The zero-order chi connectivity index (χ0) is 14.1. The first-order valence-electron chi connectivity index (χ1n) is 6.03. The SMILES string of the molecule is CCOc1cccc(NCCOCCO)c1[N+](=O)[O-]. The second-order valence-corrected chi connectivity index (χ2v) is 3.61. The van der Waals surface area contributed by atoms with Crippen LogP contribution in [-0.4, -0.2) is 43.0 Å². The van der Waals surface area contributed by atoms with Crippen LogP contribution in [0, 0.1) is 10.1 Å². The van der Waals surface area contributed by atoms with Gasteiger partial charge in [0.25, 0.3) is 0 Å². The molecule has 0 saturated carbocycles. The third-order valence-electron chi connectivity index (χ3n) is 2.28. The molecule has 0 aliphatic heterocycles. The number of aliphatic hydroxyl groups is 1. The zero-order valence-electron chi connectivity index (χ0n) is 10.8. The van der Waals surface area contributed by atoms with Crippen molar-refractivity contribution in [1.29, 1.82) is 0 Å². The number of anilines is 1. The number of rotatable bonds is 9. The molecular weight excluding hydrogens is 252 g/mol.